The molecule has 0 bridgehead atoms. The summed E-state index contributed by atoms with van der Waals surface area (Å²) in [5.41, 5.74) is 4.09. The number of aromatic nitrogens is 2. The van der Waals surface area contributed by atoms with Gasteiger partial charge in [0.1, 0.15) is 23.4 Å². The van der Waals surface area contributed by atoms with Crippen molar-refractivity contribution < 1.29 is 14.3 Å². The number of rotatable bonds is 8. The first-order valence-electron chi connectivity index (χ1n) is 11.7. The van der Waals surface area contributed by atoms with Crippen LogP contribution < -0.4 is 10.1 Å². The number of anilines is 1. The molecule has 1 amide bonds. The maximum atomic E-state index is 11.9. The van der Waals surface area contributed by atoms with Crippen LogP contribution in [0.15, 0.2) is 54.0 Å². The van der Waals surface area contributed by atoms with Gasteiger partial charge in [0.15, 0.2) is 0 Å². The van der Waals surface area contributed by atoms with Gasteiger partial charge in [0.2, 0.25) is 0 Å². The topological polar surface area (TPSA) is 89.2 Å². The molecule has 2 aromatic heterocycles. The zero-order valence-corrected chi connectivity index (χ0v) is 20.5. The molecular weight excluding hydrogens is 460 g/mol. The van der Waals surface area contributed by atoms with Crippen molar-refractivity contribution >= 4 is 34.0 Å². The Hall–Kier alpha value is -3.83. The van der Waals surface area contributed by atoms with Crippen LogP contribution in [0.4, 0.5) is 10.5 Å². The van der Waals surface area contributed by atoms with Gasteiger partial charge >= 0.3 is 6.09 Å². The molecule has 1 aliphatic rings. The van der Waals surface area contributed by atoms with Crippen LogP contribution in [0.25, 0.3) is 22.2 Å². The third kappa shape index (κ3) is 5.15. The molecule has 1 aliphatic carbocycles. The van der Waals surface area contributed by atoms with E-state index < -0.39 is 6.09 Å². The molecule has 35 heavy (non-hydrogen) atoms. The van der Waals surface area contributed by atoms with E-state index in [1.165, 1.54) is 12.8 Å². The van der Waals surface area contributed by atoms with Crippen molar-refractivity contribution in [1.82, 2.24) is 9.55 Å². The number of hydrogen-bond acceptors (Lipinski definition) is 6. The monoisotopic (exact) mass is 486 g/mol. The lowest BCUT2D eigenvalue weighted by Crippen LogP contribution is -2.17. The second-order valence-corrected chi connectivity index (χ2v) is 9.92. The van der Waals surface area contributed by atoms with Gasteiger partial charge in [0.25, 0.3) is 0 Å². The molecule has 1 fully saturated rings. The largest absolute Gasteiger partial charge is 0.486 e. The molecule has 0 saturated heterocycles. The minimum Gasteiger partial charge on any atom is -0.486 e. The lowest BCUT2D eigenvalue weighted by atomic mass is 10.1. The normalized spacial score (nSPS) is 13.1. The van der Waals surface area contributed by atoms with Gasteiger partial charge in [-0.3, -0.25) is 5.32 Å². The number of hydrogen-bond donors (Lipinski definition) is 1. The number of thiazole rings is 1. The quantitative estimate of drug-likeness (QED) is 0.304. The maximum Gasteiger partial charge on any atom is 0.411 e. The van der Waals surface area contributed by atoms with E-state index in [1.807, 2.05) is 47.8 Å². The van der Waals surface area contributed by atoms with Gasteiger partial charge in [-0.25, -0.2) is 9.78 Å². The molecule has 8 heteroatoms. The molecule has 4 aromatic rings. The Morgan fingerprint density at radius 1 is 1.26 bits per heavy atom. The lowest BCUT2D eigenvalue weighted by molar-refractivity contribution is 0.130. The molecule has 0 radical (unpaired) electrons. The first-order chi connectivity index (χ1) is 17.0. The number of amides is 1. The van der Waals surface area contributed by atoms with E-state index in [-0.39, 0.29) is 6.10 Å². The van der Waals surface area contributed by atoms with Crippen molar-refractivity contribution in [3.8, 4) is 23.1 Å². The first-order valence-corrected chi connectivity index (χ1v) is 12.6. The number of carbonyl (C=O) groups excluding carboxylic acids is 1. The molecule has 0 unspecified atom stereocenters. The van der Waals surface area contributed by atoms with E-state index in [4.69, 9.17) is 9.47 Å². The number of fused-ring (bicyclic) bond motifs is 1. The summed E-state index contributed by atoms with van der Waals surface area (Å²) in [5, 5.41) is 16.6. The molecule has 0 spiro atoms. The van der Waals surface area contributed by atoms with Gasteiger partial charge in [-0.05, 0) is 62.4 Å². The highest BCUT2D eigenvalue weighted by molar-refractivity contribution is 7.09. The summed E-state index contributed by atoms with van der Waals surface area (Å²) in [6.07, 6.45) is 3.48. The van der Waals surface area contributed by atoms with Crippen molar-refractivity contribution in [2.75, 3.05) is 5.32 Å². The number of nitrogens with zero attached hydrogens (tertiary/aromatic N) is 3. The first kappa shape index (κ1) is 22.9. The predicted octanol–water partition coefficient (Wildman–Crippen LogP) is 6.58. The summed E-state index contributed by atoms with van der Waals surface area (Å²) in [6, 6.07) is 15.9. The van der Waals surface area contributed by atoms with Crippen molar-refractivity contribution in [1.29, 1.82) is 5.26 Å². The van der Waals surface area contributed by atoms with E-state index in [2.05, 4.69) is 20.9 Å². The van der Waals surface area contributed by atoms with Crippen LogP contribution in [0.2, 0.25) is 0 Å². The molecule has 2 aromatic carbocycles. The lowest BCUT2D eigenvalue weighted by Gasteiger charge is -2.13. The summed E-state index contributed by atoms with van der Waals surface area (Å²) >= 11 is 1.56. The third-order valence-electron chi connectivity index (χ3n) is 5.88. The van der Waals surface area contributed by atoms with Gasteiger partial charge in [-0.2, -0.15) is 5.26 Å². The van der Waals surface area contributed by atoms with Crippen molar-refractivity contribution in [3.63, 3.8) is 0 Å². The van der Waals surface area contributed by atoms with Crippen LogP contribution in [0.1, 0.15) is 37.3 Å². The average molecular weight is 487 g/mol. The Balaban J connectivity index is 1.50. The molecule has 0 atom stereocenters. The smallest absolute Gasteiger partial charge is 0.411 e. The number of benzene rings is 2. The highest BCUT2D eigenvalue weighted by Gasteiger charge is 2.26. The number of nitriles is 1. The van der Waals surface area contributed by atoms with Crippen LogP contribution in [0.5, 0.6) is 5.75 Å². The minimum absolute atomic E-state index is 0.193. The number of ether oxygens (including phenoxy) is 2. The minimum atomic E-state index is -0.487. The van der Waals surface area contributed by atoms with E-state index >= 15 is 0 Å². The molecule has 7 nitrogen and oxygen atoms in total. The molecule has 1 saturated carbocycles. The van der Waals surface area contributed by atoms with Crippen LogP contribution in [-0.2, 0) is 17.9 Å². The van der Waals surface area contributed by atoms with Gasteiger partial charge in [0.05, 0.1) is 22.9 Å². The third-order valence-corrected chi connectivity index (χ3v) is 6.63. The highest BCUT2D eigenvalue weighted by atomic mass is 32.1. The Morgan fingerprint density at radius 2 is 2.06 bits per heavy atom. The van der Waals surface area contributed by atoms with E-state index in [1.54, 1.807) is 31.4 Å². The van der Waals surface area contributed by atoms with E-state index in [0.717, 1.165) is 39.5 Å². The van der Waals surface area contributed by atoms with Crippen molar-refractivity contribution in [2.45, 2.75) is 45.9 Å². The molecule has 1 N–H and O–H groups in total. The fraction of sp³-hybridized carbons (Fsp3) is 0.296. The van der Waals surface area contributed by atoms with Crippen LogP contribution in [-0.4, -0.2) is 21.7 Å². The molecular formula is C27H26N4O3S. The molecule has 5 rings (SSSR count). The summed E-state index contributed by atoms with van der Waals surface area (Å²) < 4.78 is 13.4. The second kappa shape index (κ2) is 9.80. The van der Waals surface area contributed by atoms with E-state index in [9.17, 15) is 10.1 Å². The Labute approximate surface area is 207 Å². The predicted molar refractivity (Wildman–Crippen MR) is 136 cm³/mol. The summed E-state index contributed by atoms with van der Waals surface area (Å²) in [4.78, 5) is 16.2. The summed E-state index contributed by atoms with van der Waals surface area (Å²) in [5.74, 6) is 1.36. The average Bonchev–Trinajstić information content (AvgIpc) is 3.40. The zero-order chi connectivity index (χ0) is 24.4. The fourth-order valence-electron chi connectivity index (χ4n) is 4.12. The molecule has 2 heterocycles. The maximum absolute atomic E-state index is 11.9. The van der Waals surface area contributed by atoms with Crippen molar-refractivity contribution in [2.24, 2.45) is 5.92 Å². The Kier molecular flexibility index (Phi) is 6.43. The van der Waals surface area contributed by atoms with Crippen molar-refractivity contribution in [3.05, 3.63) is 64.6 Å². The molecule has 0 aliphatic heterocycles. The fourth-order valence-corrected chi connectivity index (χ4v) is 4.65. The van der Waals surface area contributed by atoms with Gasteiger partial charge in [-0.1, -0.05) is 12.1 Å². The Morgan fingerprint density at radius 3 is 2.71 bits per heavy atom. The number of nitrogens with one attached hydrogen (secondary N) is 1. The Bertz CT molecular complexity index is 1380. The number of carbonyl (C=O) groups is 1. The SMILES string of the molecule is CC(C)OC(=O)Nc1ccc(-c2c(C#N)c3ccc(OCc4nccs4)cc3n2CC2CC2)cc1. The van der Waals surface area contributed by atoms with Gasteiger partial charge < -0.3 is 14.0 Å². The van der Waals surface area contributed by atoms with Crippen LogP contribution in [0.3, 0.4) is 0 Å². The summed E-state index contributed by atoms with van der Waals surface area (Å²) in [6.45, 7) is 4.88. The standard InChI is InChI=1S/C27H26N4O3S/c1-17(2)34-27(32)30-20-7-5-19(6-8-20)26-23(14-28)22-10-9-21(33-16-25-29-11-12-35-25)13-24(22)31(26)15-18-3-4-18/h5-13,17-18H,3-4,15-16H2,1-2H3,(H,30,32). The van der Waals surface area contributed by atoms with Crippen LogP contribution in [0, 0.1) is 17.2 Å². The summed E-state index contributed by atoms with van der Waals surface area (Å²) in [7, 11) is 0. The van der Waals surface area contributed by atoms with Crippen LogP contribution >= 0.6 is 11.3 Å². The molecule has 178 valence electrons. The van der Waals surface area contributed by atoms with E-state index in [0.29, 0.717) is 23.8 Å². The highest BCUT2D eigenvalue weighted by Crippen LogP contribution is 2.39. The van der Waals surface area contributed by atoms with Gasteiger partial charge in [0, 0.05) is 35.3 Å². The second-order valence-electron chi connectivity index (χ2n) is 8.94. The van der Waals surface area contributed by atoms with Gasteiger partial charge in [-0.15, -0.1) is 11.3 Å². The zero-order valence-electron chi connectivity index (χ0n) is 19.7.